The van der Waals surface area contributed by atoms with Crippen molar-refractivity contribution in [1.29, 1.82) is 0 Å². The van der Waals surface area contributed by atoms with Gasteiger partial charge in [-0.15, -0.1) is 0 Å². The fraction of sp³-hybridized carbons (Fsp3) is 1.00. The van der Waals surface area contributed by atoms with E-state index >= 15 is 0 Å². The summed E-state index contributed by atoms with van der Waals surface area (Å²) >= 11 is 0. The minimum absolute atomic E-state index is 0.116. The molecule has 0 aromatic heterocycles. The Labute approximate surface area is 106 Å². The van der Waals surface area contributed by atoms with Crippen LogP contribution in [0, 0.1) is 11.3 Å². The highest BCUT2D eigenvalue weighted by Crippen LogP contribution is 2.43. The van der Waals surface area contributed by atoms with Gasteiger partial charge in [-0.25, -0.2) is 0 Å². The van der Waals surface area contributed by atoms with Crippen molar-refractivity contribution in [2.45, 2.75) is 77.4 Å². The molecule has 1 saturated carbocycles. The zero-order valence-corrected chi connectivity index (χ0v) is 11.5. The second kappa shape index (κ2) is 5.71. The quantitative estimate of drug-likeness (QED) is 0.814. The second-order valence-corrected chi connectivity index (χ2v) is 6.62. The van der Waals surface area contributed by atoms with E-state index < -0.39 is 0 Å². The summed E-state index contributed by atoms with van der Waals surface area (Å²) in [4.78, 5) is 0. The molecule has 1 N–H and O–H groups in total. The molecule has 3 unspecified atom stereocenters. The van der Waals surface area contributed by atoms with Crippen LogP contribution in [0.4, 0.5) is 0 Å². The third-order valence-electron chi connectivity index (χ3n) is 4.86. The number of hydrogen-bond donors (Lipinski definition) is 1. The van der Waals surface area contributed by atoms with Gasteiger partial charge in [0.15, 0.2) is 0 Å². The number of hydrogen-bond acceptors (Lipinski definition) is 2. The third-order valence-corrected chi connectivity index (χ3v) is 4.86. The van der Waals surface area contributed by atoms with Crippen molar-refractivity contribution in [3.63, 3.8) is 0 Å². The first kappa shape index (κ1) is 13.4. The van der Waals surface area contributed by atoms with Gasteiger partial charge in [0.05, 0.1) is 12.2 Å². The van der Waals surface area contributed by atoms with Gasteiger partial charge in [-0.3, -0.25) is 0 Å². The summed E-state index contributed by atoms with van der Waals surface area (Å²) in [5, 5.41) is 10.4. The first-order valence-electron chi connectivity index (χ1n) is 7.39. The summed E-state index contributed by atoms with van der Waals surface area (Å²) in [5.74, 6) is 0.498. The Morgan fingerprint density at radius 3 is 2.71 bits per heavy atom. The van der Waals surface area contributed by atoms with Crippen molar-refractivity contribution in [3.8, 4) is 0 Å². The molecule has 100 valence electrons. The molecule has 0 amide bonds. The van der Waals surface area contributed by atoms with Gasteiger partial charge in [-0.2, -0.15) is 0 Å². The monoisotopic (exact) mass is 240 g/mol. The molecule has 0 aromatic rings. The predicted molar refractivity (Wildman–Crippen MR) is 70.0 cm³/mol. The molecule has 1 saturated heterocycles. The summed E-state index contributed by atoms with van der Waals surface area (Å²) < 4.78 is 5.63. The van der Waals surface area contributed by atoms with Crippen LogP contribution in [-0.2, 0) is 4.74 Å². The smallest absolute Gasteiger partial charge is 0.0577 e. The van der Waals surface area contributed by atoms with Crippen LogP contribution in [-0.4, -0.2) is 23.9 Å². The van der Waals surface area contributed by atoms with Gasteiger partial charge in [0.2, 0.25) is 0 Å². The molecule has 2 heteroatoms. The molecular weight excluding hydrogens is 212 g/mol. The maximum Gasteiger partial charge on any atom is 0.0577 e. The summed E-state index contributed by atoms with van der Waals surface area (Å²) in [6.07, 6.45) is 9.80. The van der Waals surface area contributed by atoms with Crippen LogP contribution in [0.15, 0.2) is 0 Å². The van der Waals surface area contributed by atoms with Crippen LogP contribution in [0.3, 0.4) is 0 Å². The molecule has 2 fully saturated rings. The zero-order chi connectivity index (χ0) is 12.3. The van der Waals surface area contributed by atoms with Crippen molar-refractivity contribution in [1.82, 2.24) is 0 Å². The van der Waals surface area contributed by atoms with Gasteiger partial charge >= 0.3 is 0 Å². The highest BCUT2D eigenvalue weighted by molar-refractivity contribution is 4.87. The van der Waals surface area contributed by atoms with E-state index in [1.165, 1.54) is 38.5 Å². The largest absolute Gasteiger partial charge is 0.393 e. The fourth-order valence-electron chi connectivity index (χ4n) is 3.66. The molecule has 0 radical (unpaired) electrons. The molecule has 1 heterocycles. The number of aliphatic hydroxyl groups excluding tert-OH is 1. The number of rotatable bonds is 4. The van der Waals surface area contributed by atoms with E-state index in [0.29, 0.717) is 17.4 Å². The molecule has 1 aliphatic heterocycles. The Morgan fingerprint density at radius 1 is 1.24 bits per heavy atom. The normalized spacial score (nSPS) is 34.8. The lowest BCUT2D eigenvalue weighted by Crippen LogP contribution is -2.37. The molecule has 0 bridgehead atoms. The van der Waals surface area contributed by atoms with Crippen LogP contribution in [0.2, 0.25) is 0 Å². The van der Waals surface area contributed by atoms with E-state index in [1.807, 2.05) is 0 Å². The summed E-state index contributed by atoms with van der Waals surface area (Å²) in [7, 11) is 0. The van der Waals surface area contributed by atoms with E-state index in [2.05, 4.69) is 13.8 Å². The molecule has 2 nitrogen and oxygen atoms in total. The van der Waals surface area contributed by atoms with E-state index in [-0.39, 0.29) is 6.10 Å². The standard InChI is InChI=1S/C15H28O2/c1-15(2)10-4-3-7-13(15)14(16)9-8-12-6-5-11-17-12/h12-14,16H,3-11H2,1-2H3. The molecule has 0 spiro atoms. The van der Waals surface area contributed by atoms with Crippen LogP contribution in [0.1, 0.15) is 65.2 Å². The Balaban J connectivity index is 1.79. The predicted octanol–water partition coefficient (Wildman–Crippen LogP) is 3.52. The highest BCUT2D eigenvalue weighted by atomic mass is 16.5. The van der Waals surface area contributed by atoms with Crippen molar-refractivity contribution < 1.29 is 9.84 Å². The van der Waals surface area contributed by atoms with Crippen molar-refractivity contribution >= 4 is 0 Å². The summed E-state index contributed by atoms with van der Waals surface area (Å²) in [5.41, 5.74) is 0.328. The van der Waals surface area contributed by atoms with E-state index in [1.54, 1.807) is 0 Å². The van der Waals surface area contributed by atoms with Crippen LogP contribution in [0.5, 0.6) is 0 Å². The van der Waals surface area contributed by atoms with Gasteiger partial charge in [0, 0.05) is 6.61 Å². The zero-order valence-electron chi connectivity index (χ0n) is 11.5. The van der Waals surface area contributed by atoms with Crippen LogP contribution in [0.25, 0.3) is 0 Å². The van der Waals surface area contributed by atoms with Crippen molar-refractivity contribution in [3.05, 3.63) is 0 Å². The average molecular weight is 240 g/mol. The lowest BCUT2D eigenvalue weighted by molar-refractivity contribution is -0.00900. The lowest BCUT2D eigenvalue weighted by Gasteiger charge is -2.41. The topological polar surface area (TPSA) is 29.5 Å². The molecule has 2 aliphatic rings. The van der Waals surface area contributed by atoms with E-state index in [9.17, 15) is 5.11 Å². The third kappa shape index (κ3) is 3.45. The van der Waals surface area contributed by atoms with Gasteiger partial charge in [-0.1, -0.05) is 26.7 Å². The minimum atomic E-state index is -0.116. The number of aliphatic hydroxyl groups is 1. The average Bonchev–Trinajstić information content (AvgIpc) is 2.78. The van der Waals surface area contributed by atoms with Gasteiger partial charge in [0.1, 0.15) is 0 Å². The van der Waals surface area contributed by atoms with E-state index in [0.717, 1.165) is 19.4 Å². The highest BCUT2D eigenvalue weighted by Gasteiger charge is 2.36. The van der Waals surface area contributed by atoms with E-state index in [4.69, 9.17) is 4.74 Å². The van der Waals surface area contributed by atoms with Gasteiger partial charge in [0.25, 0.3) is 0 Å². The fourth-order valence-corrected chi connectivity index (χ4v) is 3.66. The Kier molecular flexibility index (Phi) is 4.48. The SMILES string of the molecule is CC1(C)CCCCC1C(O)CCC1CCCO1. The van der Waals surface area contributed by atoms with Crippen molar-refractivity contribution in [2.75, 3.05) is 6.61 Å². The lowest BCUT2D eigenvalue weighted by atomic mass is 9.66. The molecular formula is C15H28O2. The van der Waals surface area contributed by atoms with Gasteiger partial charge in [-0.05, 0) is 49.9 Å². The minimum Gasteiger partial charge on any atom is -0.393 e. The van der Waals surface area contributed by atoms with Crippen LogP contribution >= 0.6 is 0 Å². The Morgan fingerprint density at radius 2 is 2.06 bits per heavy atom. The number of ether oxygens (including phenoxy) is 1. The summed E-state index contributed by atoms with van der Waals surface area (Å²) in [6, 6.07) is 0. The second-order valence-electron chi connectivity index (χ2n) is 6.62. The van der Waals surface area contributed by atoms with Crippen LogP contribution < -0.4 is 0 Å². The maximum atomic E-state index is 10.4. The molecule has 3 atom stereocenters. The summed E-state index contributed by atoms with van der Waals surface area (Å²) in [6.45, 7) is 5.58. The Hall–Kier alpha value is -0.0800. The maximum absolute atomic E-state index is 10.4. The molecule has 17 heavy (non-hydrogen) atoms. The van der Waals surface area contributed by atoms with Crippen molar-refractivity contribution in [2.24, 2.45) is 11.3 Å². The first-order valence-corrected chi connectivity index (χ1v) is 7.39. The van der Waals surface area contributed by atoms with Gasteiger partial charge < -0.3 is 9.84 Å². The first-order chi connectivity index (χ1) is 8.09. The Bertz CT molecular complexity index is 231. The molecule has 2 rings (SSSR count). The molecule has 0 aromatic carbocycles. The molecule has 1 aliphatic carbocycles.